The quantitative estimate of drug-likeness (QED) is 0.644. The monoisotopic (exact) mass is 302 g/mol. The number of hydrogen-bond donors (Lipinski definition) is 3. The van der Waals surface area contributed by atoms with Crippen LogP contribution in [0.2, 0.25) is 0 Å². The highest BCUT2D eigenvalue weighted by atomic mass is 79.9. The minimum atomic E-state index is -0.203. The second-order valence-electron chi connectivity index (χ2n) is 5.07. The second-order valence-corrected chi connectivity index (χ2v) is 5.72. The molecule has 2 heterocycles. The molecule has 0 aromatic heterocycles. The number of alkyl halides is 1. The van der Waals surface area contributed by atoms with Gasteiger partial charge in [-0.1, -0.05) is 15.9 Å². The Hall–Kier alpha value is -0.820. The van der Waals surface area contributed by atoms with E-state index in [4.69, 9.17) is 5.73 Å². The summed E-state index contributed by atoms with van der Waals surface area (Å²) in [5.41, 5.74) is 6.88. The summed E-state index contributed by atoms with van der Waals surface area (Å²) in [6.45, 7) is 6.36. The van der Waals surface area contributed by atoms with Crippen molar-refractivity contribution in [2.24, 2.45) is 15.8 Å². The topological polar surface area (TPSA) is 78.0 Å². The van der Waals surface area contributed by atoms with E-state index < -0.39 is 0 Å². The Morgan fingerprint density at radius 3 is 2.82 bits per heavy atom. The van der Waals surface area contributed by atoms with Gasteiger partial charge in [0.15, 0.2) is 12.2 Å². The number of nitrogens with zero attached hydrogens (tertiary/aromatic N) is 3. The van der Waals surface area contributed by atoms with Gasteiger partial charge in [-0.3, -0.25) is 10.3 Å². The molecule has 7 heteroatoms. The molecule has 2 aliphatic heterocycles. The molecule has 0 bridgehead atoms. The van der Waals surface area contributed by atoms with E-state index in [2.05, 4.69) is 50.5 Å². The van der Waals surface area contributed by atoms with Gasteiger partial charge in [0.25, 0.3) is 0 Å². The van der Waals surface area contributed by atoms with Crippen molar-refractivity contribution < 1.29 is 0 Å². The summed E-state index contributed by atoms with van der Waals surface area (Å²) in [7, 11) is 0. The van der Waals surface area contributed by atoms with Crippen molar-refractivity contribution in [2.45, 2.75) is 45.2 Å². The summed E-state index contributed by atoms with van der Waals surface area (Å²) in [6, 6.07) is 0. The molecule has 2 unspecified atom stereocenters. The van der Waals surface area contributed by atoms with Crippen molar-refractivity contribution in [1.82, 2.24) is 15.6 Å². The fraction of sp³-hybridized carbons (Fsp3) is 0.800. The van der Waals surface area contributed by atoms with E-state index in [0.717, 1.165) is 17.5 Å². The van der Waals surface area contributed by atoms with E-state index in [0.29, 0.717) is 5.96 Å². The predicted octanol–water partition coefficient (Wildman–Crippen LogP) is 0.359. The van der Waals surface area contributed by atoms with Crippen LogP contribution in [0.15, 0.2) is 10.1 Å². The molecule has 2 atom stereocenters. The van der Waals surface area contributed by atoms with E-state index in [9.17, 15) is 0 Å². The van der Waals surface area contributed by atoms with Gasteiger partial charge in [0.05, 0.1) is 11.7 Å². The molecule has 0 radical (unpaired) electrons. The van der Waals surface area contributed by atoms with Gasteiger partial charge in [-0.15, -0.1) is 0 Å². The van der Waals surface area contributed by atoms with Crippen LogP contribution < -0.4 is 16.4 Å². The van der Waals surface area contributed by atoms with E-state index in [-0.39, 0.29) is 18.0 Å². The van der Waals surface area contributed by atoms with Crippen molar-refractivity contribution in [3.63, 3.8) is 0 Å². The molecule has 17 heavy (non-hydrogen) atoms. The lowest BCUT2D eigenvalue weighted by Crippen LogP contribution is -2.63. The zero-order valence-electron chi connectivity index (χ0n) is 10.4. The molecule has 96 valence electrons. The number of guanidine groups is 1. The van der Waals surface area contributed by atoms with Crippen LogP contribution in [0, 0.1) is 0 Å². The van der Waals surface area contributed by atoms with Crippen molar-refractivity contribution in [3.05, 3.63) is 0 Å². The molecule has 2 rings (SSSR count). The Morgan fingerprint density at radius 1 is 1.59 bits per heavy atom. The molecule has 0 aromatic rings. The van der Waals surface area contributed by atoms with Gasteiger partial charge in [-0.25, -0.2) is 4.99 Å². The third kappa shape index (κ3) is 2.55. The molecule has 4 N–H and O–H groups in total. The summed E-state index contributed by atoms with van der Waals surface area (Å²) < 4.78 is 0. The van der Waals surface area contributed by atoms with Crippen LogP contribution in [0.5, 0.6) is 0 Å². The standard InChI is InChI=1S/C10H19BrN6/c1-6-4-10(2,3)17(16-6)9-14-7(5-11)13-8(12)15-9/h7,9,14H,4-5H2,1-3H3,(H3,12,13,15). The van der Waals surface area contributed by atoms with Crippen LogP contribution in [0.4, 0.5) is 0 Å². The maximum atomic E-state index is 5.78. The van der Waals surface area contributed by atoms with Crippen LogP contribution in [-0.4, -0.2) is 40.0 Å². The summed E-state index contributed by atoms with van der Waals surface area (Å²) >= 11 is 3.42. The third-order valence-corrected chi connectivity index (χ3v) is 3.55. The maximum Gasteiger partial charge on any atom is 0.197 e. The van der Waals surface area contributed by atoms with Gasteiger partial charge >= 0.3 is 0 Å². The molecule has 2 aliphatic rings. The summed E-state index contributed by atoms with van der Waals surface area (Å²) in [6.07, 6.45) is 0.822. The number of halogens is 1. The fourth-order valence-electron chi connectivity index (χ4n) is 2.26. The minimum absolute atomic E-state index is 0.0280. The van der Waals surface area contributed by atoms with Gasteiger partial charge in [0.1, 0.15) is 0 Å². The molecule has 0 amide bonds. The number of hydrazone groups is 1. The normalized spacial score (nSPS) is 31.9. The number of aliphatic imine (C=N–C) groups is 1. The van der Waals surface area contributed by atoms with Gasteiger partial charge in [-0.2, -0.15) is 5.10 Å². The lowest BCUT2D eigenvalue weighted by molar-refractivity contribution is 0.0680. The largest absolute Gasteiger partial charge is 0.370 e. The molecular formula is C10H19BrN6. The molecular weight excluding hydrogens is 284 g/mol. The first-order chi connectivity index (χ1) is 7.92. The molecule has 0 fully saturated rings. The van der Waals surface area contributed by atoms with E-state index in [1.54, 1.807) is 0 Å². The summed E-state index contributed by atoms with van der Waals surface area (Å²) in [5, 5.41) is 13.7. The van der Waals surface area contributed by atoms with E-state index >= 15 is 0 Å². The average Bonchev–Trinajstić information content (AvgIpc) is 2.51. The molecule has 0 spiro atoms. The van der Waals surface area contributed by atoms with Crippen molar-refractivity contribution in [3.8, 4) is 0 Å². The van der Waals surface area contributed by atoms with Crippen molar-refractivity contribution in [1.29, 1.82) is 0 Å². The Morgan fingerprint density at radius 2 is 2.29 bits per heavy atom. The van der Waals surface area contributed by atoms with Gasteiger partial charge < -0.3 is 11.1 Å². The molecule has 6 nitrogen and oxygen atoms in total. The number of nitrogens with one attached hydrogen (secondary N) is 2. The van der Waals surface area contributed by atoms with Crippen LogP contribution in [0.1, 0.15) is 27.2 Å². The number of rotatable bonds is 2. The molecule has 0 saturated carbocycles. The third-order valence-electron chi connectivity index (χ3n) is 2.91. The first-order valence-electron chi connectivity index (χ1n) is 5.67. The molecule has 0 aliphatic carbocycles. The van der Waals surface area contributed by atoms with Crippen molar-refractivity contribution in [2.75, 3.05) is 5.33 Å². The smallest absolute Gasteiger partial charge is 0.197 e. The zero-order valence-corrected chi connectivity index (χ0v) is 12.0. The second kappa shape index (κ2) is 4.45. The first kappa shape index (κ1) is 12.6. The van der Waals surface area contributed by atoms with Crippen LogP contribution in [0.25, 0.3) is 0 Å². The van der Waals surface area contributed by atoms with E-state index in [1.807, 2.05) is 11.9 Å². The Balaban J connectivity index is 2.19. The van der Waals surface area contributed by atoms with Gasteiger partial charge in [-0.05, 0) is 20.8 Å². The highest BCUT2D eigenvalue weighted by Gasteiger charge is 2.38. The van der Waals surface area contributed by atoms with Crippen molar-refractivity contribution >= 4 is 27.6 Å². The highest BCUT2D eigenvalue weighted by molar-refractivity contribution is 9.09. The zero-order chi connectivity index (χ0) is 12.6. The molecule has 0 aromatic carbocycles. The SMILES string of the molecule is CC1=NN(C2N=C(N)NC(CBr)N2)C(C)(C)C1. The number of hydrogen-bond acceptors (Lipinski definition) is 6. The first-order valence-corrected chi connectivity index (χ1v) is 6.80. The average molecular weight is 303 g/mol. The lowest BCUT2D eigenvalue weighted by atomic mass is 9.99. The lowest BCUT2D eigenvalue weighted by Gasteiger charge is -2.39. The molecule has 0 saturated heterocycles. The van der Waals surface area contributed by atoms with E-state index in [1.165, 1.54) is 0 Å². The maximum absolute atomic E-state index is 5.78. The van der Waals surface area contributed by atoms with Gasteiger partial charge in [0.2, 0.25) is 0 Å². The number of nitrogens with two attached hydrogens (primary N) is 1. The highest BCUT2D eigenvalue weighted by Crippen LogP contribution is 2.29. The fourth-order valence-corrected chi connectivity index (χ4v) is 2.61. The van der Waals surface area contributed by atoms with Gasteiger partial charge in [0, 0.05) is 17.5 Å². The minimum Gasteiger partial charge on any atom is -0.370 e. The summed E-state index contributed by atoms with van der Waals surface area (Å²) in [5.74, 6) is 0.453. The Kier molecular flexibility index (Phi) is 3.31. The van der Waals surface area contributed by atoms with Crippen LogP contribution in [0.3, 0.4) is 0 Å². The Bertz CT molecular complexity index is 364. The van der Waals surface area contributed by atoms with Crippen LogP contribution >= 0.6 is 15.9 Å². The summed E-state index contributed by atoms with van der Waals surface area (Å²) in [4.78, 5) is 4.36. The van der Waals surface area contributed by atoms with Crippen LogP contribution in [-0.2, 0) is 0 Å². The Labute approximate surface area is 110 Å². The predicted molar refractivity (Wildman–Crippen MR) is 72.9 cm³/mol.